The van der Waals surface area contributed by atoms with Crippen molar-refractivity contribution in [3.8, 4) is 0 Å². The minimum absolute atomic E-state index is 0.0962. The summed E-state index contributed by atoms with van der Waals surface area (Å²) in [5.41, 5.74) is 0. The van der Waals surface area contributed by atoms with Gasteiger partial charge in [-0.15, -0.1) is 0 Å². The van der Waals surface area contributed by atoms with Crippen LogP contribution >= 0.6 is 0 Å². The van der Waals surface area contributed by atoms with Crippen LogP contribution in [0.15, 0.2) is 72.9 Å². The standard InChI is InChI=1S/C42H70O5/c1-3-5-7-9-11-13-15-17-19-21-23-25-27-29-31-33-35-37-42(45)47-40(38-43)39-46-41(44)36-34-32-30-28-26-24-22-20-18-16-14-12-10-8-6-4-2/h5,7,11,13,17,19-20,22-23,25,29,31,40,43H,3-4,6,8-10,12,14-16,18,21,24,26-28,30,32-39H2,1-2H3/b7-5-,13-11-,19-17-,22-20-,25-23-,31-29-. The van der Waals surface area contributed by atoms with E-state index in [1.54, 1.807) is 0 Å². The molecule has 47 heavy (non-hydrogen) atoms. The fourth-order valence-corrected chi connectivity index (χ4v) is 4.88. The van der Waals surface area contributed by atoms with Crippen LogP contribution in [-0.2, 0) is 19.1 Å². The van der Waals surface area contributed by atoms with E-state index < -0.39 is 6.10 Å². The number of rotatable bonds is 33. The first kappa shape index (κ1) is 44.3. The van der Waals surface area contributed by atoms with E-state index in [9.17, 15) is 14.7 Å². The minimum Gasteiger partial charge on any atom is -0.462 e. The van der Waals surface area contributed by atoms with Crippen molar-refractivity contribution >= 4 is 11.9 Å². The van der Waals surface area contributed by atoms with Crippen LogP contribution in [0.4, 0.5) is 0 Å². The van der Waals surface area contributed by atoms with Gasteiger partial charge in [-0.3, -0.25) is 9.59 Å². The highest BCUT2D eigenvalue weighted by Crippen LogP contribution is 2.11. The summed E-state index contributed by atoms with van der Waals surface area (Å²) in [5.74, 6) is -0.675. The Morgan fingerprint density at radius 1 is 0.511 bits per heavy atom. The molecule has 1 atom stereocenters. The third kappa shape index (κ3) is 36.0. The molecule has 0 heterocycles. The van der Waals surface area contributed by atoms with Crippen molar-refractivity contribution in [3.63, 3.8) is 0 Å². The molecule has 0 spiro atoms. The molecule has 0 radical (unpaired) electrons. The maximum absolute atomic E-state index is 12.1. The number of aliphatic hydroxyl groups is 1. The number of hydrogen-bond donors (Lipinski definition) is 1. The summed E-state index contributed by atoms with van der Waals surface area (Å²) < 4.78 is 10.5. The van der Waals surface area contributed by atoms with Crippen molar-refractivity contribution in [2.75, 3.05) is 13.2 Å². The van der Waals surface area contributed by atoms with Gasteiger partial charge in [-0.1, -0.05) is 145 Å². The average Bonchev–Trinajstić information content (AvgIpc) is 3.07. The highest BCUT2D eigenvalue weighted by atomic mass is 16.6. The van der Waals surface area contributed by atoms with Crippen LogP contribution < -0.4 is 0 Å². The van der Waals surface area contributed by atoms with Crippen molar-refractivity contribution in [1.82, 2.24) is 0 Å². The van der Waals surface area contributed by atoms with Crippen LogP contribution in [0.3, 0.4) is 0 Å². The largest absolute Gasteiger partial charge is 0.462 e. The third-order valence-electron chi connectivity index (χ3n) is 7.73. The molecule has 0 bridgehead atoms. The average molecular weight is 655 g/mol. The number of ether oxygens (including phenoxy) is 2. The van der Waals surface area contributed by atoms with Crippen molar-refractivity contribution < 1.29 is 24.2 Å². The predicted molar refractivity (Wildman–Crippen MR) is 200 cm³/mol. The molecule has 0 aromatic rings. The SMILES string of the molecule is CC/C=C\C/C=C\C/C=C\C/C=C\C/C=C\CCCC(=O)OC(CO)COC(=O)CCCCCCC/C=C\CCCCCCCCC. The van der Waals surface area contributed by atoms with E-state index >= 15 is 0 Å². The van der Waals surface area contributed by atoms with Crippen LogP contribution in [0, 0.1) is 0 Å². The number of hydrogen-bond acceptors (Lipinski definition) is 5. The summed E-state index contributed by atoms with van der Waals surface area (Å²) in [6.45, 7) is 3.95. The Kier molecular flexibility index (Phi) is 35.7. The van der Waals surface area contributed by atoms with E-state index in [1.807, 2.05) is 0 Å². The second-order valence-corrected chi connectivity index (χ2v) is 12.3. The van der Waals surface area contributed by atoms with Gasteiger partial charge in [0.15, 0.2) is 6.10 Å². The molecular formula is C42H70O5. The molecule has 0 aliphatic rings. The lowest BCUT2D eigenvalue weighted by Crippen LogP contribution is -2.28. The molecule has 5 heteroatoms. The molecular weight excluding hydrogens is 584 g/mol. The van der Waals surface area contributed by atoms with Crippen LogP contribution in [0.5, 0.6) is 0 Å². The first-order valence-corrected chi connectivity index (χ1v) is 19.0. The van der Waals surface area contributed by atoms with E-state index in [0.29, 0.717) is 12.8 Å². The number of carbonyl (C=O) groups excluding carboxylic acids is 2. The summed E-state index contributed by atoms with van der Waals surface area (Å²) in [6, 6.07) is 0. The van der Waals surface area contributed by atoms with E-state index in [2.05, 4.69) is 86.8 Å². The first-order chi connectivity index (χ1) is 23.1. The molecule has 0 saturated heterocycles. The smallest absolute Gasteiger partial charge is 0.306 e. The molecule has 0 amide bonds. The summed E-state index contributed by atoms with van der Waals surface area (Å²) >= 11 is 0. The Bertz CT molecular complexity index is 879. The Morgan fingerprint density at radius 3 is 1.47 bits per heavy atom. The van der Waals surface area contributed by atoms with Gasteiger partial charge in [0, 0.05) is 12.8 Å². The molecule has 0 aromatic carbocycles. The zero-order valence-corrected chi connectivity index (χ0v) is 30.3. The van der Waals surface area contributed by atoms with Crippen molar-refractivity contribution in [2.24, 2.45) is 0 Å². The monoisotopic (exact) mass is 655 g/mol. The molecule has 1 unspecified atom stereocenters. The predicted octanol–water partition coefficient (Wildman–Crippen LogP) is 11.8. The van der Waals surface area contributed by atoms with Crippen molar-refractivity contribution in [3.05, 3.63) is 72.9 Å². The lowest BCUT2D eigenvalue weighted by atomic mass is 10.1. The van der Waals surface area contributed by atoms with Crippen LogP contribution in [0.25, 0.3) is 0 Å². The molecule has 0 aliphatic heterocycles. The molecule has 1 N–H and O–H groups in total. The summed E-state index contributed by atoms with van der Waals surface area (Å²) in [6.07, 6.45) is 49.6. The van der Waals surface area contributed by atoms with Crippen LogP contribution in [0.2, 0.25) is 0 Å². The number of carbonyl (C=O) groups is 2. The van der Waals surface area contributed by atoms with Gasteiger partial charge < -0.3 is 14.6 Å². The normalized spacial score (nSPS) is 13.0. The van der Waals surface area contributed by atoms with E-state index in [1.165, 1.54) is 64.2 Å². The molecule has 268 valence electrons. The first-order valence-electron chi connectivity index (χ1n) is 19.0. The summed E-state index contributed by atoms with van der Waals surface area (Å²) in [4.78, 5) is 24.2. The third-order valence-corrected chi connectivity index (χ3v) is 7.73. The molecule has 5 nitrogen and oxygen atoms in total. The Morgan fingerprint density at radius 2 is 0.936 bits per heavy atom. The van der Waals surface area contributed by atoms with E-state index in [0.717, 1.165) is 64.2 Å². The Hall–Kier alpha value is -2.66. The quantitative estimate of drug-likeness (QED) is 0.0433. The minimum atomic E-state index is -0.806. The summed E-state index contributed by atoms with van der Waals surface area (Å²) in [5, 5.41) is 9.53. The maximum atomic E-state index is 12.1. The molecule has 0 rings (SSSR count). The fraction of sp³-hybridized carbons (Fsp3) is 0.667. The highest BCUT2D eigenvalue weighted by molar-refractivity contribution is 5.70. The lowest BCUT2D eigenvalue weighted by molar-refractivity contribution is -0.161. The number of aliphatic hydroxyl groups excluding tert-OH is 1. The van der Waals surface area contributed by atoms with Crippen LogP contribution in [-0.4, -0.2) is 36.4 Å². The number of allylic oxidation sites excluding steroid dienone is 12. The van der Waals surface area contributed by atoms with Gasteiger partial charge in [-0.25, -0.2) is 0 Å². The van der Waals surface area contributed by atoms with Crippen molar-refractivity contribution in [2.45, 2.75) is 168 Å². The maximum Gasteiger partial charge on any atom is 0.306 e. The highest BCUT2D eigenvalue weighted by Gasteiger charge is 2.15. The zero-order valence-electron chi connectivity index (χ0n) is 30.3. The van der Waals surface area contributed by atoms with E-state index in [-0.39, 0.29) is 31.6 Å². The van der Waals surface area contributed by atoms with Gasteiger partial charge in [0.05, 0.1) is 6.61 Å². The number of esters is 2. The van der Waals surface area contributed by atoms with Gasteiger partial charge in [0.25, 0.3) is 0 Å². The van der Waals surface area contributed by atoms with Gasteiger partial charge >= 0.3 is 11.9 Å². The van der Waals surface area contributed by atoms with Gasteiger partial charge in [0.1, 0.15) is 6.61 Å². The van der Waals surface area contributed by atoms with Crippen molar-refractivity contribution in [1.29, 1.82) is 0 Å². The fourth-order valence-electron chi connectivity index (χ4n) is 4.88. The zero-order chi connectivity index (χ0) is 34.3. The second kappa shape index (κ2) is 37.8. The molecule has 0 fully saturated rings. The lowest BCUT2D eigenvalue weighted by Gasteiger charge is -2.15. The van der Waals surface area contributed by atoms with Gasteiger partial charge in [-0.2, -0.15) is 0 Å². The Labute approximate surface area is 289 Å². The Balaban J connectivity index is 3.70. The molecule has 0 aromatic heterocycles. The van der Waals surface area contributed by atoms with Gasteiger partial charge in [-0.05, 0) is 77.0 Å². The molecule has 0 aliphatic carbocycles. The van der Waals surface area contributed by atoms with E-state index in [4.69, 9.17) is 9.47 Å². The summed E-state index contributed by atoms with van der Waals surface area (Å²) in [7, 11) is 0. The van der Waals surface area contributed by atoms with Gasteiger partial charge in [0.2, 0.25) is 0 Å². The topological polar surface area (TPSA) is 72.8 Å². The van der Waals surface area contributed by atoms with Crippen LogP contribution in [0.1, 0.15) is 162 Å². The molecule has 0 saturated carbocycles. The second-order valence-electron chi connectivity index (χ2n) is 12.3. The number of unbranched alkanes of at least 4 members (excludes halogenated alkanes) is 13.